The Morgan fingerprint density at radius 1 is 1.28 bits per heavy atom. The molecule has 0 aliphatic heterocycles. The summed E-state index contributed by atoms with van der Waals surface area (Å²) in [6, 6.07) is 6.71. The third-order valence-electron chi connectivity index (χ3n) is 3.14. The Bertz CT molecular complexity index is 792. The number of anilines is 2. The van der Waals surface area contributed by atoms with Crippen LogP contribution in [-0.2, 0) is 16.2 Å². The summed E-state index contributed by atoms with van der Waals surface area (Å²) in [5.74, 6) is -1.22. The molecule has 0 atom stereocenters. The maximum atomic E-state index is 13.6. The van der Waals surface area contributed by atoms with Gasteiger partial charge in [-0.05, 0) is 6.07 Å². The van der Waals surface area contributed by atoms with Gasteiger partial charge in [0, 0.05) is 5.56 Å². The van der Waals surface area contributed by atoms with Crippen LogP contribution in [0.25, 0.3) is 0 Å². The van der Waals surface area contributed by atoms with Gasteiger partial charge < -0.3 is 15.2 Å². The lowest BCUT2D eigenvalue weighted by Crippen LogP contribution is -2.30. The molecule has 1 aromatic heterocycles. The van der Waals surface area contributed by atoms with Crippen LogP contribution in [0.1, 0.15) is 5.56 Å². The van der Waals surface area contributed by atoms with E-state index in [9.17, 15) is 9.18 Å². The molecule has 0 saturated carbocycles. The monoisotopic (exact) mass is 389 g/mol. The van der Waals surface area contributed by atoms with Crippen molar-refractivity contribution in [2.24, 2.45) is 0 Å². The summed E-state index contributed by atoms with van der Waals surface area (Å²) in [6.07, 6.45) is -0.729. The van der Waals surface area contributed by atoms with Crippen molar-refractivity contribution < 1.29 is 23.5 Å². The molecular weight excluding hydrogens is 376 g/mol. The summed E-state index contributed by atoms with van der Waals surface area (Å²) in [4.78, 5) is 20.3. The quantitative estimate of drug-likeness (QED) is 0.617. The van der Waals surface area contributed by atoms with E-state index in [1.165, 1.54) is 14.2 Å². The molecule has 0 saturated heterocycles. The first-order chi connectivity index (χ1) is 11.9. The molecule has 134 valence electrons. The summed E-state index contributed by atoms with van der Waals surface area (Å²) in [6.45, 7) is -0.0970. The first-order valence-electron chi connectivity index (χ1n) is 6.83. The van der Waals surface area contributed by atoms with Gasteiger partial charge in [0.05, 0.1) is 25.6 Å². The Hall–Kier alpha value is -2.29. The van der Waals surface area contributed by atoms with E-state index in [2.05, 4.69) is 9.72 Å². The minimum absolute atomic E-state index is 0.0970. The van der Waals surface area contributed by atoms with Crippen molar-refractivity contribution in [1.29, 1.82) is 0 Å². The zero-order valence-corrected chi connectivity index (χ0v) is 14.8. The van der Waals surface area contributed by atoms with E-state index in [4.69, 9.17) is 38.5 Å². The average Bonchev–Trinajstić information content (AvgIpc) is 2.63. The Morgan fingerprint density at radius 2 is 1.96 bits per heavy atom. The molecular formula is C15H14Cl2FN3O4. The normalized spacial score (nSPS) is 10.4. The molecule has 0 aliphatic rings. The number of methoxy groups -OCH3 is 1. The number of pyridine rings is 1. The number of nitrogens with two attached hydrogens (primary N) is 1. The number of nitrogen functional groups attached to an aromatic ring is 1. The Balaban J connectivity index is 2.30. The highest BCUT2D eigenvalue weighted by atomic mass is 35.5. The van der Waals surface area contributed by atoms with Crippen molar-refractivity contribution in [2.45, 2.75) is 6.61 Å². The molecule has 1 amide bonds. The lowest BCUT2D eigenvalue weighted by Gasteiger charge is -2.21. The van der Waals surface area contributed by atoms with Crippen LogP contribution in [-0.4, -0.2) is 25.3 Å². The predicted molar refractivity (Wildman–Crippen MR) is 91.3 cm³/mol. The SMILES string of the molecule is COC(=O)N(OC)c1ccccc1COc1nc(F)c(Cl)c(N)c1Cl. The third kappa shape index (κ3) is 4.04. The molecule has 2 rings (SSSR count). The summed E-state index contributed by atoms with van der Waals surface area (Å²) >= 11 is 11.6. The third-order valence-corrected chi connectivity index (χ3v) is 3.86. The van der Waals surface area contributed by atoms with Gasteiger partial charge in [-0.15, -0.1) is 0 Å². The van der Waals surface area contributed by atoms with Crippen LogP contribution in [0.5, 0.6) is 5.88 Å². The number of para-hydroxylation sites is 1. The van der Waals surface area contributed by atoms with Crippen LogP contribution in [0.4, 0.5) is 20.6 Å². The highest BCUT2D eigenvalue weighted by molar-refractivity contribution is 6.39. The molecule has 1 heterocycles. The molecule has 0 spiro atoms. The van der Waals surface area contributed by atoms with E-state index in [-0.39, 0.29) is 28.2 Å². The van der Waals surface area contributed by atoms with E-state index >= 15 is 0 Å². The summed E-state index contributed by atoms with van der Waals surface area (Å²) in [5, 5.41) is 0.444. The molecule has 0 unspecified atom stereocenters. The number of nitrogens with zero attached hydrogens (tertiary/aromatic N) is 2. The highest BCUT2D eigenvalue weighted by Crippen LogP contribution is 2.36. The minimum atomic E-state index is -1.00. The van der Waals surface area contributed by atoms with E-state index < -0.39 is 12.0 Å². The second kappa shape index (κ2) is 8.19. The molecule has 1 aromatic carbocycles. The molecule has 0 radical (unpaired) electrons. The Morgan fingerprint density at radius 3 is 2.60 bits per heavy atom. The van der Waals surface area contributed by atoms with Gasteiger partial charge in [-0.3, -0.25) is 4.84 Å². The summed E-state index contributed by atoms with van der Waals surface area (Å²) < 4.78 is 23.7. The topological polar surface area (TPSA) is 86.9 Å². The van der Waals surface area contributed by atoms with Crippen molar-refractivity contribution in [3.05, 3.63) is 45.8 Å². The summed E-state index contributed by atoms with van der Waals surface area (Å²) in [7, 11) is 2.53. The van der Waals surface area contributed by atoms with E-state index in [1.54, 1.807) is 24.3 Å². The van der Waals surface area contributed by atoms with E-state index in [0.717, 1.165) is 5.06 Å². The molecule has 2 N–H and O–H groups in total. The van der Waals surface area contributed by atoms with Crippen molar-refractivity contribution >= 4 is 40.7 Å². The van der Waals surface area contributed by atoms with Crippen LogP contribution in [0.15, 0.2) is 24.3 Å². The second-order valence-corrected chi connectivity index (χ2v) is 5.37. The van der Waals surface area contributed by atoms with Crippen LogP contribution in [0.3, 0.4) is 0 Å². The summed E-state index contributed by atoms with van der Waals surface area (Å²) in [5.41, 5.74) is 6.32. The lowest BCUT2D eigenvalue weighted by molar-refractivity contribution is 0.115. The van der Waals surface area contributed by atoms with Gasteiger partial charge in [0.2, 0.25) is 11.8 Å². The predicted octanol–water partition coefficient (Wildman–Crippen LogP) is 3.82. The number of ether oxygens (including phenoxy) is 2. The maximum absolute atomic E-state index is 13.6. The van der Waals surface area contributed by atoms with Gasteiger partial charge in [-0.1, -0.05) is 41.4 Å². The number of aromatic nitrogens is 1. The number of benzene rings is 1. The fourth-order valence-electron chi connectivity index (χ4n) is 1.94. The number of carbonyl (C=O) groups is 1. The molecule has 0 fully saturated rings. The fourth-order valence-corrected chi connectivity index (χ4v) is 2.31. The van der Waals surface area contributed by atoms with Crippen molar-refractivity contribution in [3.63, 3.8) is 0 Å². The Labute approximate surface area is 152 Å². The largest absolute Gasteiger partial charge is 0.472 e. The van der Waals surface area contributed by atoms with Gasteiger partial charge in [-0.2, -0.15) is 14.4 Å². The zero-order valence-electron chi connectivity index (χ0n) is 13.3. The fraction of sp³-hybridized carbons (Fsp3) is 0.200. The smallest absolute Gasteiger partial charge is 0.438 e. The van der Waals surface area contributed by atoms with Gasteiger partial charge in [-0.25, -0.2) is 4.79 Å². The van der Waals surface area contributed by atoms with Crippen LogP contribution in [0.2, 0.25) is 10.0 Å². The first-order valence-corrected chi connectivity index (χ1v) is 7.59. The van der Waals surface area contributed by atoms with Crippen LogP contribution < -0.4 is 15.5 Å². The minimum Gasteiger partial charge on any atom is -0.472 e. The van der Waals surface area contributed by atoms with E-state index in [0.29, 0.717) is 11.3 Å². The molecule has 10 heteroatoms. The lowest BCUT2D eigenvalue weighted by atomic mass is 10.2. The van der Waals surface area contributed by atoms with Gasteiger partial charge in [0.25, 0.3) is 0 Å². The Kier molecular flexibility index (Phi) is 6.24. The van der Waals surface area contributed by atoms with Gasteiger partial charge in [0.1, 0.15) is 16.7 Å². The molecule has 2 aromatic rings. The van der Waals surface area contributed by atoms with Crippen LogP contribution in [0, 0.1) is 5.95 Å². The van der Waals surface area contributed by atoms with Crippen molar-refractivity contribution in [2.75, 3.05) is 25.0 Å². The highest BCUT2D eigenvalue weighted by Gasteiger charge is 2.21. The van der Waals surface area contributed by atoms with Crippen LogP contribution >= 0.6 is 23.2 Å². The number of rotatable bonds is 5. The number of hydrogen-bond donors (Lipinski definition) is 1. The second-order valence-electron chi connectivity index (χ2n) is 4.61. The number of hydroxylamine groups is 1. The maximum Gasteiger partial charge on any atom is 0.438 e. The standard InChI is InChI=1S/C15H14Cl2FN3O4/c1-23-15(22)21(24-2)9-6-4-3-5-8(9)7-25-14-11(17)12(19)10(16)13(18)20-14/h3-6H,7H2,1-2H3,(H2,19,20). The van der Waals surface area contributed by atoms with Gasteiger partial charge in [0.15, 0.2) is 0 Å². The number of halogens is 3. The van der Waals surface area contributed by atoms with Crippen molar-refractivity contribution in [1.82, 2.24) is 4.98 Å². The number of amides is 1. The molecule has 0 bridgehead atoms. The number of hydrogen-bond acceptors (Lipinski definition) is 6. The van der Waals surface area contributed by atoms with Crippen molar-refractivity contribution in [3.8, 4) is 5.88 Å². The molecule has 7 nitrogen and oxygen atoms in total. The molecule has 25 heavy (non-hydrogen) atoms. The number of carbonyl (C=O) groups excluding carboxylic acids is 1. The first kappa shape index (κ1) is 19.0. The van der Waals surface area contributed by atoms with Gasteiger partial charge >= 0.3 is 6.09 Å². The average molecular weight is 390 g/mol. The zero-order chi connectivity index (χ0) is 18.6. The molecule has 0 aliphatic carbocycles. The van der Waals surface area contributed by atoms with E-state index in [1.807, 2.05) is 0 Å².